The number of ether oxygens (including phenoxy) is 2. The summed E-state index contributed by atoms with van der Waals surface area (Å²) in [7, 11) is 0. The van der Waals surface area contributed by atoms with Crippen molar-refractivity contribution in [3.8, 4) is 5.75 Å². The maximum atomic E-state index is 6.05. The molecule has 1 aliphatic rings. The molecule has 0 fully saturated rings. The number of aryl methyl sites for hydroxylation is 3. The summed E-state index contributed by atoms with van der Waals surface area (Å²) >= 11 is 1.71. The van der Waals surface area contributed by atoms with Crippen molar-refractivity contribution in [2.45, 2.75) is 38.2 Å². The molecule has 3 aromatic rings. The van der Waals surface area contributed by atoms with Gasteiger partial charge in [-0.25, -0.2) is 4.98 Å². The Labute approximate surface area is 157 Å². The van der Waals surface area contributed by atoms with E-state index in [1.807, 2.05) is 12.1 Å². The number of hydrogen-bond donors (Lipinski definition) is 1. The van der Waals surface area contributed by atoms with Gasteiger partial charge in [0.15, 0.2) is 6.79 Å². The van der Waals surface area contributed by atoms with Crippen LogP contribution in [0.3, 0.4) is 0 Å². The highest BCUT2D eigenvalue weighted by Gasteiger charge is 2.17. The highest BCUT2D eigenvalue weighted by molar-refractivity contribution is 7.98. The fraction of sp³-hybridized carbons (Fsp3) is 0.286. The zero-order valence-corrected chi connectivity index (χ0v) is 16.1. The lowest BCUT2D eigenvalue weighted by Crippen LogP contribution is -2.13. The van der Waals surface area contributed by atoms with E-state index in [0.29, 0.717) is 13.4 Å². The van der Waals surface area contributed by atoms with Crippen LogP contribution in [0.5, 0.6) is 5.75 Å². The zero-order valence-electron chi connectivity index (χ0n) is 15.3. The van der Waals surface area contributed by atoms with Gasteiger partial charge in [0.2, 0.25) is 0 Å². The number of fused-ring (bicyclic) bond motifs is 2. The van der Waals surface area contributed by atoms with Gasteiger partial charge in [-0.05, 0) is 56.2 Å². The quantitative estimate of drug-likeness (QED) is 0.528. The lowest BCUT2D eigenvalue weighted by Gasteiger charge is -2.21. The van der Waals surface area contributed by atoms with Crippen molar-refractivity contribution in [3.63, 3.8) is 0 Å². The SMILES string of the molecule is Cc1cc(C)c2nc(SCc3cc(N)cc4c3OCOC4)cc(C)c2c1. The molecular weight excluding hydrogens is 344 g/mol. The number of pyridine rings is 1. The summed E-state index contributed by atoms with van der Waals surface area (Å²) in [4.78, 5) is 4.89. The number of rotatable bonds is 3. The summed E-state index contributed by atoms with van der Waals surface area (Å²) in [5.41, 5.74) is 13.7. The van der Waals surface area contributed by atoms with Crippen LogP contribution in [0.25, 0.3) is 10.9 Å². The first kappa shape index (κ1) is 17.2. The second-order valence-corrected chi connectivity index (χ2v) is 7.82. The van der Waals surface area contributed by atoms with Gasteiger partial charge in [-0.15, -0.1) is 11.8 Å². The highest BCUT2D eigenvalue weighted by Crippen LogP contribution is 2.35. The van der Waals surface area contributed by atoms with Crippen molar-refractivity contribution in [3.05, 3.63) is 58.1 Å². The van der Waals surface area contributed by atoms with Gasteiger partial charge in [0.05, 0.1) is 17.1 Å². The van der Waals surface area contributed by atoms with E-state index in [9.17, 15) is 0 Å². The molecule has 0 saturated carbocycles. The van der Waals surface area contributed by atoms with Crippen molar-refractivity contribution in [1.29, 1.82) is 0 Å². The second kappa shape index (κ2) is 6.82. The molecule has 134 valence electrons. The van der Waals surface area contributed by atoms with E-state index in [4.69, 9.17) is 20.2 Å². The predicted molar refractivity (Wildman–Crippen MR) is 107 cm³/mol. The van der Waals surface area contributed by atoms with E-state index in [1.54, 1.807) is 11.8 Å². The molecule has 0 bridgehead atoms. The number of benzene rings is 2. The van der Waals surface area contributed by atoms with E-state index >= 15 is 0 Å². The number of aromatic nitrogens is 1. The summed E-state index contributed by atoms with van der Waals surface area (Å²) in [5.74, 6) is 1.67. The molecule has 1 aliphatic heterocycles. The van der Waals surface area contributed by atoms with Gasteiger partial charge in [0.25, 0.3) is 0 Å². The fourth-order valence-corrected chi connectivity index (χ4v) is 4.41. The lowest BCUT2D eigenvalue weighted by atomic mass is 10.0. The van der Waals surface area contributed by atoms with E-state index in [1.165, 1.54) is 22.1 Å². The smallest absolute Gasteiger partial charge is 0.189 e. The van der Waals surface area contributed by atoms with Gasteiger partial charge < -0.3 is 15.2 Å². The molecular formula is C21H22N2O2S. The summed E-state index contributed by atoms with van der Waals surface area (Å²) in [6, 6.07) is 10.5. The van der Waals surface area contributed by atoms with Crippen LogP contribution in [0, 0.1) is 20.8 Å². The minimum atomic E-state index is 0.292. The molecule has 0 saturated heterocycles. The Morgan fingerprint density at radius 3 is 2.77 bits per heavy atom. The largest absolute Gasteiger partial charge is 0.467 e. The van der Waals surface area contributed by atoms with Crippen molar-refractivity contribution in [2.24, 2.45) is 0 Å². The topological polar surface area (TPSA) is 57.4 Å². The molecule has 5 heteroatoms. The number of nitrogens with zero attached hydrogens (tertiary/aromatic N) is 1. The van der Waals surface area contributed by atoms with E-state index in [0.717, 1.165) is 38.9 Å². The van der Waals surface area contributed by atoms with Gasteiger partial charge in [0.1, 0.15) is 5.75 Å². The number of nitrogen functional groups attached to an aromatic ring is 1. The van der Waals surface area contributed by atoms with Crippen LogP contribution in [0.2, 0.25) is 0 Å². The molecule has 0 amide bonds. The van der Waals surface area contributed by atoms with Crippen LogP contribution >= 0.6 is 11.8 Å². The Hall–Kier alpha value is -2.24. The minimum absolute atomic E-state index is 0.292. The molecule has 2 N–H and O–H groups in total. The van der Waals surface area contributed by atoms with Crippen LogP contribution in [0.15, 0.2) is 35.4 Å². The lowest BCUT2D eigenvalue weighted by molar-refractivity contribution is -0.0168. The van der Waals surface area contributed by atoms with Gasteiger partial charge in [-0.2, -0.15) is 0 Å². The molecule has 0 unspecified atom stereocenters. The van der Waals surface area contributed by atoms with Crippen LogP contribution in [-0.4, -0.2) is 11.8 Å². The molecule has 2 heterocycles. The number of anilines is 1. The number of nitrogens with two attached hydrogens (primary N) is 1. The molecule has 0 radical (unpaired) electrons. The normalized spacial score (nSPS) is 13.5. The van der Waals surface area contributed by atoms with E-state index in [2.05, 4.69) is 39.0 Å². The second-order valence-electron chi connectivity index (χ2n) is 6.82. The first-order valence-corrected chi connectivity index (χ1v) is 9.63. The molecule has 1 aromatic heterocycles. The van der Waals surface area contributed by atoms with E-state index < -0.39 is 0 Å². The average molecular weight is 366 g/mol. The van der Waals surface area contributed by atoms with Crippen LogP contribution < -0.4 is 10.5 Å². The molecule has 0 spiro atoms. The van der Waals surface area contributed by atoms with Gasteiger partial charge in [-0.3, -0.25) is 0 Å². The average Bonchev–Trinajstić information content (AvgIpc) is 2.60. The molecule has 0 aliphatic carbocycles. The van der Waals surface area contributed by atoms with Gasteiger partial charge in [-0.1, -0.05) is 11.6 Å². The Kier molecular flexibility index (Phi) is 4.51. The van der Waals surface area contributed by atoms with Crippen LogP contribution in [0.4, 0.5) is 5.69 Å². The minimum Gasteiger partial charge on any atom is -0.467 e. The molecule has 26 heavy (non-hydrogen) atoms. The first-order valence-electron chi connectivity index (χ1n) is 8.64. The maximum absolute atomic E-state index is 6.05. The third-order valence-corrected chi connectivity index (χ3v) is 5.58. The van der Waals surface area contributed by atoms with Crippen molar-refractivity contribution in [1.82, 2.24) is 4.98 Å². The fourth-order valence-electron chi connectivity index (χ4n) is 3.47. The van der Waals surface area contributed by atoms with Gasteiger partial charge >= 0.3 is 0 Å². The highest BCUT2D eigenvalue weighted by atomic mass is 32.2. The summed E-state index contributed by atoms with van der Waals surface area (Å²) < 4.78 is 11.1. The number of thioether (sulfide) groups is 1. The Morgan fingerprint density at radius 1 is 1.08 bits per heavy atom. The van der Waals surface area contributed by atoms with Crippen LogP contribution in [-0.2, 0) is 17.1 Å². The molecule has 2 aromatic carbocycles. The first-order chi connectivity index (χ1) is 12.5. The standard InChI is InChI=1S/C21H22N2O2S/c1-12-4-14(3)20-18(5-12)13(2)6-19(23-20)26-10-16-8-17(22)7-15-9-24-11-25-21(15)16/h4-8H,9-11,22H2,1-3H3. The van der Waals surface area contributed by atoms with Gasteiger partial charge in [0, 0.05) is 28.0 Å². The maximum Gasteiger partial charge on any atom is 0.189 e. The Morgan fingerprint density at radius 2 is 1.92 bits per heavy atom. The summed E-state index contributed by atoms with van der Waals surface area (Å²) in [5, 5.41) is 2.25. The Bertz CT molecular complexity index is 1000. The van der Waals surface area contributed by atoms with Crippen molar-refractivity contribution in [2.75, 3.05) is 12.5 Å². The third kappa shape index (κ3) is 3.24. The predicted octanol–water partition coefficient (Wildman–Crippen LogP) is 4.90. The third-order valence-electron chi connectivity index (χ3n) is 4.62. The molecule has 0 atom stereocenters. The van der Waals surface area contributed by atoms with Crippen molar-refractivity contribution >= 4 is 28.4 Å². The monoisotopic (exact) mass is 366 g/mol. The Balaban J connectivity index is 1.66. The van der Waals surface area contributed by atoms with Crippen molar-refractivity contribution < 1.29 is 9.47 Å². The number of hydrogen-bond acceptors (Lipinski definition) is 5. The molecule has 4 nitrogen and oxygen atoms in total. The van der Waals surface area contributed by atoms with E-state index in [-0.39, 0.29) is 0 Å². The summed E-state index contributed by atoms with van der Waals surface area (Å²) in [6.45, 7) is 7.24. The summed E-state index contributed by atoms with van der Waals surface area (Å²) in [6.07, 6.45) is 0. The van der Waals surface area contributed by atoms with Crippen LogP contribution in [0.1, 0.15) is 27.8 Å². The molecule has 4 rings (SSSR count). The zero-order chi connectivity index (χ0) is 18.3.